The van der Waals surface area contributed by atoms with Gasteiger partial charge in [-0.1, -0.05) is 93.4 Å². The van der Waals surface area contributed by atoms with Crippen molar-refractivity contribution >= 4 is 47.7 Å². The molecule has 2 aromatic rings. The Labute approximate surface area is 250 Å². The van der Waals surface area contributed by atoms with E-state index in [4.69, 9.17) is 12.6 Å². The number of amides is 1. The zero-order chi connectivity index (χ0) is 29.1. The lowest BCUT2D eigenvalue weighted by molar-refractivity contribution is -0.122. The third kappa shape index (κ3) is 8.27. The van der Waals surface area contributed by atoms with Crippen molar-refractivity contribution < 1.29 is 4.79 Å². The molecule has 0 radical (unpaired) electrons. The van der Waals surface area contributed by atoms with Crippen LogP contribution in [0, 0.1) is 25.7 Å². The molecule has 0 aromatic heterocycles. The van der Waals surface area contributed by atoms with Crippen molar-refractivity contribution in [3.63, 3.8) is 0 Å². The van der Waals surface area contributed by atoms with Gasteiger partial charge in [-0.2, -0.15) is 0 Å². The van der Waals surface area contributed by atoms with E-state index in [2.05, 4.69) is 73.9 Å². The van der Waals surface area contributed by atoms with Gasteiger partial charge in [-0.3, -0.25) is 9.69 Å². The Hall–Kier alpha value is -2.46. The maximum atomic E-state index is 13.0. The van der Waals surface area contributed by atoms with E-state index in [-0.39, 0.29) is 5.91 Å². The van der Waals surface area contributed by atoms with Gasteiger partial charge < -0.3 is 4.90 Å². The molecule has 0 saturated carbocycles. The largest absolute Gasteiger partial charge is 0.338 e. The summed E-state index contributed by atoms with van der Waals surface area (Å²) in [6, 6.07) is 13.0. The number of carbonyl (C=O) groups is 1. The smallest absolute Gasteiger partial charge is 0.303 e. The number of aryl methyl sites for hydroxylation is 2. The molecule has 0 fully saturated rings. The highest BCUT2D eigenvalue weighted by Crippen LogP contribution is 2.45. The van der Waals surface area contributed by atoms with E-state index in [1.807, 2.05) is 53.8 Å². The van der Waals surface area contributed by atoms with E-state index in [1.165, 1.54) is 42.6 Å². The van der Waals surface area contributed by atoms with Gasteiger partial charge in [0.1, 0.15) is 0 Å². The highest BCUT2D eigenvalue weighted by molar-refractivity contribution is 8.04. The third-order valence-electron chi connectivity index (χ3n) is 6.11. The summed E-state index contributed by atoms with van der Waals surface area (Å²) in [6.07, 6.45) is 5.75. The van der Waals surface area contributed by atoms with Gasteiger partial charge in [0, 0.05) is 40.3 Å². The van der Waals surface area contributed by atoms with Crippen molar-refractivity contribution in [1.29, 1.82) is 0 Å². The molecule has 2 heterocycles. The Morgan fingerprint density at radius 3 is 2.31 bits per heavy atom. The molecule has 0 aliphatic carbocycles. The number of benzene rings is 2. The molecular weight excluding hydrogens is 537 g/mol. The number of carbonyl (C=O) groups excluding carboxylic acids is 1. The van der Waals surface area contributed by atoms with Crippen LogP contribution in [0.25, 0.3) is 0 Å². The summed E-state index contributed by atoms with van der Waals surface area (Å²) in [5.41, 5.74) is 6.42. The van der Waals surface area contributed by atoms with Crippen LogP contribution < -0.4 is 4.90 Å². The minimum absolute atomic E-state index is 0.250. The van der Waals surface area contributed by atoms with Crippen molar-refractivity contribution in [2.75, 3.05) is 18.5 Å². The van der Waals surface area contributed by atoms with Crippen LogP contribution in [0.3, 0.4) is 0 Å². The molecule has 0 spiro atoms. The lowest BCUT2D eigenvalue weighted by Crippen LogP contribution is -2.27. The zero-order valence-corrected chi connectivity index (χ0v) is 27.3. The quantitative estimate of drug-likeness (QED) is 0.288. The van der Waals surface area contributed by atoms with Crippen LogP contribution in [0.5, 0.6) is 0 Å². The Morgan fingerprint density at radius 1 is 1.03 bits per heavy atom. The summed E-state index contributed by atoms with van der Waals surface area (Å²) in [5.74, 6) is 5.52. The second-order valence-electron chi connectivity index (χ2n) is 8.65. The molecule has 0 unspecified atom stereocenters. The van der Waals surface area contributed by atoms with Gasteiger partial charge in [0.2, 0.25) is 0 Å². The lowest BCUT2D eigenvalue weighted by Gasteiger charge is -2.23. The first-order valence-corrected chi connectivity index (χ1v) is 15.8. The normalized spacial score (nSPS) is 14.8. The first kappa shape index (κ1) is 32.8. The minimum atomic E-state index is -0.250. The zero-order valence-electron chi connectivity index (χ0n) is 24.8. The molecule has 4 rings (SSSR count). The molecule has 6 heteroatoms. The fraction of sp³-hybridized carbons (Fsp3) is 0.364. The molecule has 0 saturated heterocycles. The number of nitrogens with zero attached hydrogens (tertiary/aromatic N) is 2. The van der Waals surface area contributed by atoms with Crippen molar-refractivity contribution in [3.05, 3.63) is 85.8 Å². The third-order valence-corrected chi connectivity index (χ3v) is 8.89. The topological polar surface area (TPSA) is 23.6 Å². The fourth-order valence-corrected chi connectivity index (χ4v) is 6.75. The number of thioether (sulfide) groups is 2. The van der Waals surface area contributed by atoms with E-state index in [1.54, 1.807) is 28.4 Å². The maximum Gasteiger partial charge on any atom is 0.303 e. The molecule has 0 bridgehead atoms. The van der Waals surface area contributed by atoms with Gasteiger partial charge in [0.05, 0.1) is 15.7 Å². The number of allylic oxidation sites excluding steroid dienone is 3. The Morgan fingerprint density at radius 2 is 1.67 bits per heavy atom. The second-order valence-corrected chi connectivity index (χ2v) is 11.3. The van der Waals surface area contributed by atoms with Crippen molar-refractivity contribution in [2.45, 2.75) is 78.0 Å². The predicted octanol–water partition coefficient (Wildman–Crippen LogP) is 9.37. The Kier molecular flexibility index (Phi) is 13.4. The van der Waals surface area contributed by atoms with Gasteiger partial charge in [0.25, 0.3) is 0 Å². The predicted molar refractivity (Wildman–Crippen MR) is 177 cm³/mol. The van der Waals surface area contributed by atoms with Crippen LogP contribution in [0.4, 0.5) is 5.69 Å². The van der Waals surface area contributed by atoms with Crippen LogP contribution in [0.15, 0.2) is 78.9 Å². The maximum absolute atomic E-state index is 13.0. The molecule has 1 amide bonds. The number of rotatable bonds is 4. The van der Waals surface area contributed by atoms with Crippen molar-refractivity contribution in [2.24, 2.45) is 0 Å². The summed E-state index contributed by atoms with van der Waals surface area (Å²) >= 11 is 8.14. The molecular formula is C33H42N2OS3. The number of anilines is 1. The van der Waals surface area contributed by atoms with E-state index in [9.17, 15) is 4.79 Å². The molecule has 2 aliphatic rings. The Balaban J connectivity index is 0.00000127. The van der Waals surface area contributed by atoms with E-state index >= 15 is 0 Å². The Bertz CT molecular complexity index is 1330. The average molecular weight is 579 g/mol. The molecule has 2 aliphatic heterocycles. The molecule has 39 heavy (non-hydrogen) atoms. The van der Waals surface area contributed by atoms with Crippen LogP contribution in [0.1, 0.15) is 64.7 Å². The van der Waals surface area contributed by atoms with Crippen molar-refractivity contribution in [1.82, 2.24) is 4.90 Å². The summed E-state index contributed by atoms with van der Waals surface area (Å²) in [5, 5.41) is 1.64. The first-order chi connectivity index (χ1) is 18.8. The number of thiol groups is 1. The van der Waals surface area contributed by atoms with E-state index in [0.29, 0.717) is 11.6 Å². The number of hydrogen-bond donors (Lipinski definition) is 1. The summed E-state index contributed by atoms with van der Waals surface area (Å²) in [6.45, 7) is 16.9. The monoisotopic (exact) mass is 578 g/mol. The van der Waals surface area contributed by atoms with E-state index in [0.717, 1.165) is 17.9 Å². The van der Waals surface area contributed by atoms with E-state index < -0.39 is 0 Å². The second kappa shape index (κ2) is 16.0. The summed E-state index contributed by atoms with van der Waals surface area (Å²) in [7, 11) is 2.03. The summed E-state index contributed by atoms with van der Waals surface area (Å²) < 4.78 is 0. The number of fused-ring (bicyclic) bond motifs is 2. The van der Waals surface area contributed by atoms with Crippen molar-refractivity contribution in [3.8, 4) is 11.8 Å². The van der Waals surface area contributed by atoms with Crippen LogP contribution in [0.2, 0.25) is 0 Å². The van der Waals surface area contributed by atoms with Gasteiger partial charge >= 0.3 is 5.91 Å². The van der Waals surface area contributed by atoms with Gasteiger partial charge in [-0.25, -0.2) is 0 Å². The van der Waals surface area contributed by atoms with Gasteiger partial charge in [0.15, 0.2) is 0 Å². The van der Waals surface area contributed by atoms with Gasteiger partial charge in [-0.05, 0) is 69.0 Å². The fourth-order valence-electron chi connectivity index (χ4n) is 4.12. The molecule has 0 atom stereocenters. The van der Waals surface area contributed by atoms with Crippen LogP contribution in [-0.4, -0.2) is 24.4 Å². The molecule has 208 valence electrons. The standard InChI is InChI=1S/C29H30N2OS3.2C2H6/c1-6-21-17-22-15-19(3)11-13-24(22)34-26(21)18-28(33)31(7-2)27(32)9-8-10-29-30(5)23-16-20(4)12-14-25(23)35-29;2*1-2/h10-16,18,33H,6-7,17H2,1-5H3;2*1-2H3/b28-18-,29-10-;;. The molecule has 2 aromatic carbocycles. The SMILES string of the molecule is CC.CC.CCC1=C(/C=C(\S)N(CC)C(=O)C#C/C=C2\Sc3ccc(C)cc3N2C)Sc2ccc(C)cc2C1. The highest BCUT2D eigenvalue weighted by atomic mass is 32.2. The minimum Gasteiger partial charge on any atom is -0.338 e. The average Bonchev–Trinajstić information content (AvgIpc) is 3.25. The summed E-state index contributed by atoms with van der Waals surface area (Å²) in [4.78, 5) is 20.3. The first-order valence-electron chi connectivity index (χ1n) is 13.8. The van der Waals surface area contributed by atoms with Crippen LogP contribution in [-0.2, 0) is 11.2 Å². The highest BCUT2D eigenvalue weighted by Gasteiger charge is 2.22. The number of hydrogen-bond acceptors (Lipinski definition) is 5. The molecule has 3 nitrogen and oxygen atoms in total. The molecule has 0 N–H and O–H groups in total. The lowest BCUT2D eigenvalue weighted by atomic mass is 10.0. The van der Waals surface area contributed by atoms with Crippen LogP contribution >= 0.6 is 36.2 Å². The van der Waals surface area contributed by atoms with Gasteiger partial charge in [-0.15, -0.1) is 12.6 Å².